The molecule has 37 heavy (non-hydrogen) atoms. The van der Waals surface area contributed by atoms with Gasteiger partial charge in [0.15, 0.2) is 6.04 Å². The van der Waals surface area contributed by atoms with E-state index in [1.807, 2.05) is 12.1 Å². The minimum absolute atomic E-state index is 0.286. The summed E-state index contributed by atoms with van der Waals surface area (Å²) in [5.74, 6) is 4.77. The summed E-state index contributed by atoms with van der Waals surface area (Å²) in [4.78, 5) is 37.6. The Balaban J connectivity index is 1.55. The van der Waals surface area contributed by atoms with Crippen LogP contribution in [0.5, 0.6) is 0 Å². The minimum atomic E-state index is -1.50. The van der Waals surface area contributed by atoms with Crippen molar-refractivity contribution >= 4 is 17.7 Å². The topological polar surface area (TPSA) is 111 Å². The van der Waals surface area contributed by atoms with Gasteiger partial charge in [-0.05, 0) is 67.3 Å². The second kappa shape index (κ2) is 14.2. The molecule has 0 aromatic heterocycles. The van der Waals surface area contributed by atoms with Gasteiger partial charge in [-0.25, -0.2) is 5.48 Å². The molecule has 0 radical (unpaired) electrons. The van der Waals surface area contributed by atoms with E-state index in [1.54, 1.807) is 24.3 Å². The van der Waals surface area contributed by atoms with Gasteiger partial charge in [0.1, 0.15) is 0 Å². The summed E-state index contributed by atoms with van der Waals surface area (Å²) in [5.41, 5.74) is 4.57. The number of likely N-dealkylation sites (N-methyl/N-ethyl adjacent to an activating group) is 2. The number of carbonyl (C=O) groups excluding carboxylic acids is 3. The zero-order valence-electron chi connectivity index (χ0n) is 21.5. The van der Waals surface area contributed by atoms with Crippen molar-refractivity contribution in [2.45, 2.75) is 51.1 Å². The van der Waals surface area contributed by atoms with Crippen LogP contribution in [0.15, 0.2) is 48.5 Å². The van der Waals surface area contributed by atoms with Crippen LogP contribution in [0.25, 0.3) is 0 Å². The number of benzene rings is 2. The van der Waals surface area contributed by atoms with Gasteiger partial charge in [0.05, 0.1) is 0 Å². The summed E-state index contributed by atoms with van der Waals surface area (Å²) in [7, 11) is 2.66. The molecule has 1 aliphatic carbocycles. The van der Waals surface area contributed by atoms with E-state index in [0.717, 1.165) is 35.0 Å². The number of rotatable bonds is 8. The average molecular weight is 505 g/mol. The van der Waals surface area contributed by atoms with Gasteiger partial charge in [0.2, 0.25) is 0 Å². The Morgan fingerprint density at radius 2 is 1.49 bits per heavy atom. The highest BCUT2D eigenvalue weighted by Crippen LogP contribution is 2.22. The van der Waals surface area contributed by atoms with E-state index >= 15 is 0 Å². The van der Waals surface area contributed by atoms with Gasteiger partial charge in [-0.15, -0.1) is 0 Å². The molecule has 0 heterocycles. The molecule has 3 amide bonds. The predicted molar refractivity (Wildman–Crippen MR) is 142 cm³/mol. The third-order valence-corrected chi connectivity index (χ3v) is 6.73. The summed E-state index contributed by atoms with van der Waals surface area (Å²) in [6.45, 7) is 1.94. The predicted octanol–water partition coefficient (Wildman–Crippen LogP) is 2.84. The molecule has 4 N–H and O–H groups in total. The van der Waals surface area contributed by atoms with Gasteiger partial charge in [-0.1, -0.05) is 49.7 Å². The van der Waals surface area contributed by atoms with Crippen LogP contribution in [0, 0.1) is 17.8 Å². The van der Waals surface area contributed by atoms with Crippen molar-refractivity contribution in [1.82, 2.24) is 21.0 Å². The zero-order valence-corrected chi connectivity index (χ0v) is 21.5. The molecule has 3 rings (SSSR count). The van der Waals surface area contributed by atoms with Crippen molar-refractivity contribution in [3.63, 3.8) is 0 Å². The Kier molecular flexibility index (Phi) is 10.7. The first-order valence-corrected chi connectivity index (χ1v) is 12.8. The van der Waals surface area contributed by atoms with Gasteiger partial charge in [-0.2, -0.15) is 0 Å². The molecule has 0 spiro atoms. The number of nitrogens with zero attached hydrogens (tertiary/aromatic N) is 1. The molecule has 1 fully saturated rings. The molecular weight excluding hydrogens is 468 g/mol. The van der Waals surface area contributed by atoms with E-state index < -0.39 is 23.8 Å². The lowest BCUT2D eigenvalue weighted by atomic mass is 10.0. The summed E-state index contributed by atoms with van der Waals surface area (Å²) < 4.78 is 0. The van der Waals surface area contributed by atoms with E-state index in [-0.39, 0.29) is 5.56 Å². The second-order valence-electron chi connectivity index (χ2n) is 9.42. The third-order valence-electron chi connectivity index (χ3n) is 6.73. The maximum atomic E-state index is 12.8. The number of nitrogens with one attached hydrogen (secondary N) is 3. The highest BCUT2D eigenvalue weighted by molar-refractivity contribution is 6.08. The number of hydrogen-bond acceptors (Lipinski definition) is 5. The van der Waals surface area contributed by atoms with Crippen LogP contribution in [0.4, 0.5) is 0 Å². The summed E-state index contributed by atoms with van der Waals surface area (Å²) in [6, 6.07) is 13.3. The van der Waals surface area contributed by atoms with Crippen LogP contribution >= 0.6 is 0 Å². The third kappa shape index (κ3) is 8.17. The standard InChI is InChI=1S/C29H36N4O4/c1-30-27(34)26(28(35)32-37)33(2)29(36)25-17-15-22(16-18-25)10-9-21-11-13-24(14-12-21)20-31-19-23-7-5-3-4-6-8-23/h11-18,23,26,31,37H,3-8,19-20H2,1-2H3,(H,30,34)(H,32,35). The van der Waals surface area contributed by atoms with Crippen LogP contribution < -0.4 is 16.1 Å². The van der Waals surface area contributed by atoms with Gasteiger partial charge >= 0.3 is 0 Å². The fourth-order valence-corrected chi connectivity index (χ4v) is 4.52. The maximum Gasteiger partial charge on any atom is 0.275 e. The molecule has 0 aliphatic heterocycles. The summed E-state index contributed by atoms with van der Waals surface area (Å²) >= 11 is 0. The molecule has 0 saturated heterocycles. The lowest BCUT2D eigenvalue weighted by Crippen LogP contribution is -2.54. The number of hydrogen-bond donors (Lipinski definition) is 4. The van der Waals surface area contributed by atoms with Crippen molar-refractivity contribution in [1.29, 1.82) is 0 Å². The maximum absolute atomic E-state index is 12.8. The van der Waals surface area contributed by atoms with E-state index in [4.69, 9.17) is 5.21 Å². The lowest BCUT2D eigenvalue weighted by molar-refractivity contribution is -0.140. The van der Waals surface area contributed by atoms with E-state index in [9.17, 15) is 14.4 Å². The highest BCUT2D eigenvalue weighted by atomic mass is 16.5. The molecule has 8 nitrogen and oxygen atoms in total. The van der Waals surface area contributed by atoms with Gasteiger partial charge in [0.25, 0.3) is 17.7 Å². The van der Waals surface area contributed by atoms with E-state index in [0.29, 0.717) is 0 Å². The van der Waals surface area contributed by atoms with Crippen LogP contribution in [-0.2, 0) is 16.1 Å². The Labute approximate surface area is 218 Å². The first-order valence-electron chi connectivity index (χ1n) is 12.8. The molecular formula is C29H36N4O4. The average Bonchev–Trinajstić information content (AvgIpc) is 3.21. The van der Waals surface area contributed by atoms with Crippen molar-refractivity contribution in [3.05, 3.63) is 70.8 Å². The zero-order chi connectivity index (χ0) is 26.6. The summed E-state index contributed by atoms with van der Waals surface area (Å²) in [6.07, 6.45) is 8.15. The monoisotopic (exact) mass is 504 g/mol. The molecule has 2 aromatic rings. The van der Waals surface area contributed by atoms with Gasteiger partial charge < -0.3 is 15.5 Å². The van der Waals surface area contributed by atoms with Crippen molar-refractivity contribution < 1.29 is 19.6 Å². The SMILES string of the molecule is CNC(=O)C(C(=O)NO)N(C)C(=O)c1ccc(C#Cc2ccc(CNCC3CCCCCC3)cc2)cc1. The van der Waals surface area contributed by atoms with Crippen LogP contribution in [-0.4, -0.2) is 54.5 Å². The number of carbonyl (C=O) groups is 3. The highest BCUT2D eigenvalue weighted by Gasteiger charge is 2.33. The largest absolute Gasteiger partial charge is 0.357 e. The number of hydroxylamine groups is 1. The Morgan fingerprint density at radius 3 is 2.03 bits per heavy atom. The van der Waals surface area contributed by atoms with Gasteiger partial charge in [-0.3, -0.25) is 19.6 Å². The number of amides is 3. The first kappa shape index (κ1) is 27.9. The van der Waals surface area contributed by atoms with Crippen molar-refractivity contribution in [3.8, 4) is 11.8 Å². The molecule has 1 atom stereocenters. The van der Waals surface area contributed by atoms with E-state index in [1.165, 1.54) is 63.7 Å². The van der Waals surface area contributed by atoms with E-state index in [2.05, 4.69) is 34.6 Å². The Hall–Kier alpha value is -3.67. The first-order chi connectivity index (χ1) is 17.9. The lowest BCUT2D eigenvalue weighted by Gasteiger charge is -2.25. The van der Waals surface area contributed by atoms with Crippen molar-refractivity contribution in [2.24, 2.45) is 5.92 Å². The molecule has 1 aliphatic rings. The van der Waals surface area contributed by atoms with Gasteiger partial charge in [0, 0.05) is 37.3 Å². The smallest absolute Gasteiger partial charge is 0.275 e. The van der Waals surface area contributed by atoms with Crippen LogP contribution in [0.3, 0.4) is 0 Å². The second-order valence-corrected chi connectivity index (χ2v) is 9.42. The molecule has 0 bridgehead atoms. The van der Waals surface area contributed by atoms with Crippen LogP contribution in [0.1, 0.15) is 65.6 Å². The normalized spacial score (nSPS) is 14.5. The molecule has 2 aromatic carbocycles. The van der Waals surface area contributed by atoms with Crippen LogP contribution in [0.2, 0.25) is 0 Å². The molecule has 1 saturated carbocycles. The Morgan fingerprint density at radius 1 is 0.919 bits per heavy atom. The minimum Gasteiger partial charge on any atom is -0.357 e. The molecule has 8 heteroatoms. The van der Waals surface area contributed by atoms with Crippen molar-refractivity contribution in [2.75, 3.05) is 20.6 Å². The fourth-order valence-electron chi connectivity index (χ4n) is 4.52. The molecule has 1 unspecified atom stereocenters. The Bertz CT molecular complexity index is 1100. The molecule has 196 valence electrons. The fraction of sp³-hybridized carbons (Fsp3) is 0.414. The summed E-state index contributed by atoms with van der Waals surface area (Å²) in [5, 5.41) is 14.8. The quantitative estimate of drug-likeness (QED) is 0.145.